The van der Waals surface area contributed by atoms with E-state index in [1.165, 1.54) is 16.6 Å². The maximum absolute atomic E-state index is 13.0. The van der Waals surface area contributed by atoms with Crippen LogP contribution in [-0.4, -0.2) is 81.0 Å². The predicted molar refractivity (Wildman–Crippen MR) is 114 cm³/mol. The fourth-order valence-corrected chi connectivity index (χ4v) is 5.28. The number of nitriles is 1. The fourth-order valence-electron chi connectivity index (χ4n) is 3.88. The fraction of sp³-hybridized carbons (Fsp3) is 0.429. The lowest BCUT2D eigenvalue weighted by Crippen LogP contribution is -2.40. The van der Waals surface area contributed by atoms with E-state index in [2.05, 4.69) is 16.0 Å². The smallest absolute Gasteiger partial charge is 0.270 e. The quantitative estimate of drug-likeness (QED) is 0.762. The van der Waals surface area contributed by atoms with Gasteiger partial charge in [0.05, 0.1) is 24.8 Å². The molecule has 0 saturated carbocycles. The molecule has 2 aliphatic heterocycles. The van der Waals surface area contributed by atoms with Crippen molar-refractivity contribution in [1.29, 1.82) is 5.26 Å². The lowest BCUT2D eigenvalue weighted by Gasteiger charge is -2.25. The van der Waals surface area contributed by atoms with Gasteiger partial charge in [0.25, 0.3) is 5.91 Å². The zero-order chi connectivity index (χ0) is 21.8. The highest BCUT2D eigenvalue weighted by molar-refractivity contribution is 7.89. The Kier molecular flexibility index (Phi) is 6.27. The highest BCUT2D eigenvalue weighted by Gasteiger charge is 2.29. The van der Waals surface area contributed by atoms with Crippen molar-refractivity contribution < 1.29 is 17.9 Å². The molecular formula is C21H25N5O4S. The van der Waals surface area contributed by atoms with Crippen molar-refractivity contribution in [3.8, 4) is 6.07 Å². The number of aromatic amines is 1. The van der Waals surface area contributed by atoms with E-state index in [0.717, 1.165) is 18.7 Å². The van der Waals surface area contributed by atoms with Crippen LogP contribution in [0, 0.1) is 11.3 Å². The average molecular weight is 444 g/mol. The molecule has 2 saturated heterocycles. The molecule has 1 N–H and O–H groups in total. The molecule has 1 aromatic carbocycles. The van der Waals surface area contributed by atoms with Gasteiger partial charge in [-0.05, 0) is 36.8 Å². The first-order valence-electron chi connectivity index (χ1n) is 10.3. The molecule has 0 bridgehead atoms. The number of rotatable bonds is 4. The van der Waals surface area contributed by atoms with Gasteiger partial charge in [-0.3, -0.25) is 4.79 Å². The van der Waals surface area contributed by atoms with Crippen LogP contribution in [0.3, 0.4) is 0 Å². The molecule has 0 spiro atoms. The van der Waals surface area contributed by atoms with E-state index < -0.39 is 10.0 Å². The molecule has 0 radical (unpaired) electrons. The maximum atomic E-state index is 13.0. The maximum Gasteiger partial charge on any atom is 0.270 e. The number of ether oxygens (including phenoxy) is 1. The number of H-pyrrole nitrogens is 1. The van der Waals surface area contributed by atoms with Crippen molar-refractivity contribution in [1.82, 2.24) is 14.2 Å². The summed E-state index contributed by atoms with van der Waals surface area (Å²) in [5.74, 6) is -0.204. The number of nitrogens with one attached hydrogen (secondary N) is 1. The lowest BCUT2D eigenvalue weighted by atomic mass is 10.2. The molecular weight excluding hydrogens is 418 g/mol. The van der Waals surface area contributed by atoms with Crippen LogP contribution in [0.1, 0.15) is 22.5 Å². The largest absolute Gasteiger partial charge is 0.379 e. The number of carbonyl (C=O) groups is 1. The summed E-state index contributed by atoms with van der Waals surface area (Å²) in [5.41, 5.74) is 1.91. The summed E-state index contributed by atoms with van der Waals surface area (Å²) >= 11 is 0. The number of amides is 1. The summed E-state index contributed by atoms with van der Waals surface area (Å²) in [4.78, 5) is 19.9. The second-order valence-electron chi connectivity index (χ2n) is 7.56. The van der Waals surface area contributed by atoms with Crippen LogP contribution in [-0.2, 0) is 14.8 Å². The summed E-state index contributed by atoms with van der Waals surface area (Å²) in [5, 5.41) is 8.96. The van der Waals surface area contributed by atoms with Gasteiger partial charge < -0.3 is 19.5 Å². The van der Waals surface area contributed by atoms with Crippen LogP contribution in [0.15, 0.2) is 41.4 Å². The molecule has 0 atom stereocenters. The molecule has 0 aliphatic carbocycles. The molecule has 9 nitrogen and oxygen atoms in total. The minimum Gasteiger partial charge on any atom is -0.379 e. The minimum atomic E-state index is -3.64. The van der Waals surface area contributed by atoms with E-state index >= 15 is 0 Å². The molecule has 3 heterocycles. The van der Waals surface area contributed by atoms with E-state index in [0.29, 0.717) is 51.5 Å². The van der Waals surface area contributed by atoms with Crippen molar-refractivity contribution in [3.05, 3.63) is 47.8 Å². The number of carbonyl (C=O) groups excluding carboxylic acids is 1. The van der Waals surface area contributed by atoms with Gasteiger partial charge in [0.15, 0.2) is 0 Å². The molecule has 4 rings (SSSR count). The lowest BCUT2D eigenvalue weighted by molar-refractivity contribution is 0.0730. The van der Waals surface area contributed by atoms with Crippen molar-refractivity contribution in [2.45, 2.75) is 11.3 Å². The monoisotopic (exact) mass is 443 g/mol. The van der Waals surface area contributed by atoms with Gasteiger partial charge in [0.2, 0.25) is 10.0 Å². The third kappa shape index (κ3) is 4.58. The molecule has 2 fully saturated rings. The molecule has 2 aliphatic rings. The van der Waals surface area contributed by atoms with E-state index in [-0.39, 0.29) is 16.5 Å². The number of nitrogens with zero attached hydrogens (tertiary/aromatic N) is 4. The summed E-state index contributed by atoms with van der Waals surface area (Å²) < 4.78 is 32.2. The second kappa shape index (κ2) is 9.09. The van der Waals surface area contributed by atoms with Crippen LogP contribution in [0.5, 0.6) is 0 Å². The van der Waals surface area contributed by atoms with Gasteiger partial charge >= 0.3 is 0 Å². The minimum absolute atomic E-state index is 0.104. The summed E-state index contributed by atoms with van der Waals surface area (Å²) in [6, 6.07) is 11.0. The Morgan fingerprint density at radius 3 is 2.48 bits per heavy atom. The molecule has 1 amide bonds. The third-order valence-corrected chi connectivity index (χ3v) is 7.52. The first kappa shape index (κ1) is 21.4. The SMILES string of the molecule is N#Cc1ccc(N2CCCN(C(=O)c3cc(S(=O)(=O)N4CCOCC4)c[nH]3)CC2)cc1. The zero-order valence-corrected chi connectivity index (χ0v) is 18.0. The molecule has 164 valence electrons. The summed E-state index contributed by atoms with van der Waals surface area (Å²) in [7, 11) is -3.64. The number of hydrogen-bond acceptors (Lipinski definition) is 6. The molecule has 2 aromatic rings. The zero-order valence-electron chi connectivity index (χ0n) is 17.2. The first-order valence-corrected chi connectivity index (χ1v) is 11.7. The molecule has 10 heteroatoms. The van der Waals surface area contributed by atoms with Crippen LogP contribution >= 0.6 is 0 Å². The first-order chi connectivity index (χ1) is 15.0. The number of morpholine rings is 1. The number of benzene rings is 1. The van der Waals surface area contributed by atoms with Crippen molar-refractivity contribution in [2.24, 2.45) is 0 Å². The number of anilines is 1. The van der Waals surface area contributed by atoms with E-state index in [1.54, 1.807) is 17.0 Å². The van der Waals surface area contributed by atoms with Crippen molar-refractivity contribution in [3.63, 3.8) is 0 Å². The van der Waals surface area contributed by atoms with E-state index in [9.17, 15) is 13.2 Å². The molecule has 31 heavy (non-hydrogen) atoms. The topological polar surface area (TPSA) is 110 Å². The average Bonchev–Trinajstić information content (AvgIpc) is 3.19. The highest BCUT2D eigenvalue weighted by Crippen LogP contribution is 2.21. The van der Waals surface area contributed by atoms with Gasteiger partial charge in [0.1, 0.15) is 10.6 Å². The molecule has 0 unspecified atom stereocenters. The van der Waals surface area contributed by atoms with Crippen molar-refractivity contribution >= 4 is 21.6 Å². The normalized spacial score (nSPS) is 18.4. The van der Waals surface area contributed by atoms with E-state index in [4.69, 9.17) is 10.00 Å². The Bertz CT molecular complexity index is 1070. The molecule has 1 aromatic heterocycles. The number of aromatic nitrogens is 1. The van der Waals surface area contributed by atoms with E-state index in [1.807, 2.05) is 12.1 Å². The Labute approximate surface area is 181 Å². The van der Waals surface area contributed by atoms with Gasteiger partial charge in [0, 0.05) is 51.2 Å². The summed E-state index contributed by atoms with van der Waals surface area (Å²) in [6.45, 7) is 3.97. The van der Waals surface area contributed by atoms with Gasteiger partial charge in [-0.1, -0.05) is 0 Å². The van der Waals surface area contributed by atoms with Crippen molar-refractivity contribution in [2.75, 3.05) is 57.4 Å². The third-order valence-electron chi connectivity index (χ3n) is 5.64. The van der Waals surface area contributed by atoms with Gasteiger partial charge in [-0.2, -0.15) is 9.57 Å². The van der Waals surface area contributed by atoms with Gasteiger partial charge in [-0.15, -0.1) is 0 Å². The standard InChI is InChI=1S/C21H25N5O4S/c22-15-17-2-4-18(5-3-17)24-6-1-7-25(9-8-24)21(27)20-14-19(16-23-20)31(28,29)26-10-12-30-13-11-26/h2-5,14,16,23H,1,6-13H2. The van der Waals surface area contributed by atoms with Gasteiger partial charge in [-0.25, -0.2) is 8.42 Å². The Morgan fingerprint density at radius 1 is 1.03 bits per heavy atom. The Hall–Kier alpha value is -2.87. The Morgan fingerprint density at radius 2 is 1.77 bits per heavy atom. The van der Waals surface area contributed by atoms with Crippen LogP contribution < -0.4 is 4.90 Å². The highest BCUT2D eigenvalue weighted by atomic mass is 32.2. The Balaban J connectivity index is 1.42. The number of hydrogen-bond donors (Lipinski definition) is 1. The summed E-state index contributed by atoms with van der Waals surface area (Å²) in [6.07, 6.45) is 2.18. The second-order valence-corrected chi connectivity index (χ2v) is 9.49. The van der Waals surface area contributed by atoms with Crippen LogP contribution in [0.25, 0.3) is 0 Å². The predicted octanol–water partition coefficient (Wildman–Crippen LogP) is 1.26. The number of sulfonamides is 1. The van der Waals surface area contributed by atoms with Crippen LogP contribution in [0.4, 0.5) is 5.69 Å². The van der Waals surface area contributed by atoms with Crippen LogP contribution in [0.2, 0.25) is 0 Å².